The van der Waals surface area contributed by atoms with E-state index < -0.39 is 43.7 Å². The molecule has 0 aliphatic heterocycles. The second-order valence-electron chi connectivity index (χ2n) is 3.59. The molecule has 1 aromatic rings. The van der Waals surface area contributed by atoms with Gasteiger partial charge in [-0.1, -0.05) is 0 Å². The van der Waals surface area contributed by atoms with E-state index in [4.69, 9.17) is 14.4 Å². The van der Waals surface area contributed by atoms with Gasteiger partial charge in [-0.05, 0) is 24.5 Å². The topological polar surface area (TPSA) is 60.7 Å². The SMILES string of the molecule is O[Si](O)(O)CCCc1cc(F)c(F)c(F)c1F. The van der Waals surface area contributed by atoms with Gasteiger partial charge in [0.1, 0.15) is 0 Å². The van der Waals surface area contributed by atoms with Crippen LogP contribution < -0.4 is 0 Å². The maximum absolute atomic E-state index is 13.1. The summed E-state index contributed by atoms with van der Waals surface area (Å²) in [5.74, 6) is -6.81. The molecular formula is C9H10F4O3Si. The van der Waals surface area contributed by atoms with Crippen molar-refractivity contribution in [3.63, 3.8) is 0 Å². The first-order valence-electron chi connectivity index (χ1n) is 4.71. The minimum absolute atomic E-state index is 0.0862. The number of aryl methyl sites for hydroxylation is 1. The van der Waals surface area contributed by atoms with Gasteiger partial charge >= 0.3 is 8.80 Å². The molecule has 0 aliphatic rings. The quantitative estimate of drug-likeness (QED) is 0.332. The van der Waals surface area contributed by atoms with Crippen LogP contribution in [0.2, 0.25) is 6.04 Å². The molecule has 0 atom stereocenters. The predicted molar refractivity (Wildman–Crippen MR) is 51.8 cm³/mol. The Morgan fingerprint density at radius 2 is 1.53 bits per heavy atom. The Morgan fingerprint density at radius 3 is 2.06 bits per heavy atom. The third-order valence-electron chi connectivity index (χ3n) is 2.14. The smallest absolute Gasteiger partial charge is 0.390 e. The van der Waals surface area contributed by atoms with Gasteiger partial charge in [-0.2, -0.15) is 0 Å². The van der Waals surface area contributed by atoms with Crippen LogP contribution in [0.15, 0.2) is 6.07 Å². The monoisotopic (exact) mass is 270 g/mol. The molecule has 0 aromatic heterocycles. The van der Waals surface area contributed by atoms with Gasteiger partial charge in [0.2, 0.25) is 0 Å². The number of hydrogen-bond acceptors (Lipinski definition) is 3. The van der Waals surface area contributed by atoms with E-state index in [1.807, 2.05) is 0 Å². The van der Waals surface area contributed by atoms with Gasteiger partial charge in [0.15, 0.2) is 23.3 Å². The van der Waals surface area contributed by atoms with Gasteiger partial charge in [0.25, 0.3) is 0 Å². The minimum atomic E-state index is -4.25. The summed E-state index contributed by atoms with van der Waals surface area (Å²) < 4.78 is 51.2. The minimum Gasteiger partial charge on any atom is -0.390 e. The Bertz CT molecular complexity index is 420. The van der Waals surface area contributed by atoms with Crippen molar-refractivity contribution in [3.05, 3.63) is 34.9 Å². The van der Waals surface area contributed by atoms with E-state index in [0.717, 1.165) is 0 Å². The Balaban J connectivity index is 2.79. The lowest BCUT2D eigenvalue weighted by atomic mass is 10.1. The summed E-state index contributed by atoms with van der Waals surface area (Å²) in [6.07, 6.45) is -0.326. The van der Waals surface area contributed by atoms with Gasteiger partial charge in [0.05, 0.1) is 0 Å². The van der Waals surface area contributed by atoms with Gasteiger partial charge in [-0.15, -0.1) is 0 Å². The van der Waals surface area contributed by atoms with Gasteiger partial charge in [0, 0.05) is 6.04 Å². The first-order chi connectivity index (χ1) is 7.72. The average molecular weight is 270 g/mol. The van der Waals surface area contributed by atoms with Crippen LogP contribution in [0.25, 0.3) is 0 Å². The highest BCUT2D eigenvalue weighted by molar-refractivity contribution is 6.56. The fourth-order valence-electron chi connectivity index (χ4n) is 1.32. The molecule has 17 heavy (non-hydrogen) atoms. The summed E-state index contributed by atoms with van der Waals surface area (Å²) in [5.41, 5.74) is -0.417. The summed E-state index contributed by atoms with van der Waals surface area (Å²) in [4.78, 5) is 26.0. The molecule has 0 heterocycles. The Kier molecular flexibility index (Phi) is 4.25. The van der Waals surface area contributed by atoms with E-state index in [9.17, 15) is 17.6 Å². The zero-order chi connectivity index (χ0) is 13.2. The molecule has 0 fully saturated rings. The Hall–Kier alpha value is -0.963. The maximum atomic E-state index is 13.1. The van der Waals surface area contributed by atoms with Crippen molar-refractivity contribution in [2.75, 3.05) is 0 Å². The molecule has 1 rings (SSSR count). The van der Waals surface area contributed by atoms with Crippen LogP contribution in [-0.4, -0.2) is 23.2 Å². The largest absolute Gasteiger partial charge is 0.492 e. The number of hydrogen-bond donors (Lipinski definition) is 3. The Labute approximate surface area is 95.3 Å². The number of halogens is 4. The molecule has 96 valence electrons. The van der Waals surface area contributed by atoms with Crippen LogP contribution in [0, 0.1) is 23.3 Å². The highest BCUT2D eigenvalue weighted by Gasteiger charge is 2.26. The van der Waals surface area contributed by atoms with E-state index in [2.05, 4.69) is 0 Å². The third-order valence-corrected chi connectivity index (χ3v) is 3.16. The highest BCUT2D eigenvalue weighted by atomic mass is 28.4. The lowest BCUT2D eigenvalue weighted by Gasteiger charge is -2.09. The van der Waals surface area contributed by atoms with E-state index in [1.54, 1.807) is 0 Å². The summed E-state index contributed by atoms with van der Waals surface area (Å²) in [5, 5.41) is 0. The molecule has 0 bridgehead atoms. The van der Waals surface area contributed by atoms with Crippen LogP contribution >= 0.6 is 0 Å². The van der Waals surface area contributed by atoms with Crippen molar-refractivity contribution < 1.29 is 31.9 Å². The predicted octanol–water partition coefficient (Wildman–Crippen LogP) is 1.09. The second-order valence-corrected chi connectivity index (χ2v) is 5.64. The summed E-state index contributed by atoms with van der Waals surface area (Å²) in [6, 6.07) is 0.107. The van der Waals surface area contributed by atoms with Crippen LogP contribution in [0.1, 0.15) is 12.0 Å². The van der Waals surface area contributed by atoms with E-state index in [1.165, 1.54) is 0 Å². The lowest BCUT2D eigenvalue weighted by Crippen LogP contribution is -2.34. The molecule has 0 amide bonds. The van der Waals surface area contributed by atoms with Crippen molar-refractivity contribution in [2.45, 2.75) is 18.9 Å². The van der Waals surface area contributed by atoms with Crippen molar-refractivity contribution in [1.82, 2.24) is 0 Å². The standard InChI is InChI=1S/C9H10F4O3Si/c10-6-4-5(2-1-3-17(14,15)16)7(11)9(13)8(6)12/h4,14-16H,1-3H2. The van der Waals surface area contributed by atoms with Gasteiger partial charge in [-0.3, -0.25) is 0 Å². The molecule has 0 spiro atoms. The molecule has 0 radical (unpaired) electrons. The molecule has 0 unspecified atom stereocenters. The van der Waals surface area contributed by atoms with E-state index >= 15 is 0 Å². The maximum Gasteiger partial charge on any atom is 0.492 e. The van der Waals surface area contributed by atoms with E-state index in [0.29, 0.717) is 6.07 Å². The number of benzene rings is 1. The van der Waals surface area contributed by atoms with Crippen LogP contribution in [-0.2, 0) is 6.42 Å². The molecule has 3 nitrogen and oxygen atoms in total. The second kappa shape index (κ2) is 5.13. The first-order valence-corrected chi connectivity index (χ1v) is 6.76. The van der Waals surface area contributed by atoms with Crippen LogP contribution in [0.5, 0.6) is 0 Å². The molecule has 0 saturated carbocycles. The van der Waals surface area contributed by atoms with Crippen molar-refractivity contribution in [3.8, 4) is 0 Å². The number of rotatable bonds is 4. The van der Waals surface area contributed by atoms with E-state index in [-0.39, 0.29) is 12.8 Å². The molecule has 1 aromatic carbocycles. The molecular weight excluding hydrogens is 260 g/mol. The molecule has 0 aliphatic carbocycles. The van der Waals surface area contributed by atoms with Crippen LogP contribution in [0.4, 0.5) is 17.6 Å². The normalized spacial score (nSPS) is 11.9. The Morgan fingerprint density at radius 1 is 0.941 bits per heavy atom. The highest BCUT2D eigenvalue weighted by Crippen LogP contribution is 2.20. The third kappa shape index (κ3) is 3.77. The molecule has 3 N–H and O–H groups in total. The summed E-state index contributed by atoms with van der Waals surface area (Å²) >= 11 is 0. The van der Waals surface area contributed by atoms with Gasteiger partial charge in [-0.25, -0.2) is 17.6 Å². The lowest BCUT2D eigenvalue weighted by molar-refractivity contribution is 0.226. The van der Waals surface area contributed by atoms with Crippen molar-refractivity contribution in [1.29, 1.82) is 0 Å². The fourth-order valence-corrected chi connectivity index (χ4v) is 1.97. The molecule has 0 saturated heterocycles. The van der Waals surface area contributed by atoms with Crippen LogP contribution in [0.3, 0.4) is 0 Å². The zero-order valence-corrected chi connectivity index (χ0v) is 9.55. The van der Waals surface area contributed by atoms with Crippen molar-refractivity contribution in [2.24, 2.45) is 0 Å². The van der Waals surface area contributed by atoms with Crippen molar-refractivity contribution >= 4 is 8.80 Å². The zero-order valence-electron chi connectivity index (χ0n) is 8.55. The first kappa shape index (κ1) is 14.1. The van der Waals surface area contributed by atoms with Gasteiger partial charge < -0.3 is 14.4 Å². The summed E-state index contributed by atoms with van der Waals surface area (Å²) in [7, 11) is -4.25. The summed E-state index contributed by atoms with van der Waals surface area (Å²) in [6.45, 7) is 0. The fraction of sp³-hybridized carbons (Fsp3) is 0.333. The average Bonchev–Trinajstić information content (AvgIpc) is 2.21. The molecule has 8 heteroatoms.